The SMILES string of the molecule is CC(CN1CCCC1)Nc1cc([N+](=O)[O-])cc(N)n1. The maximum atomic E-state index is 10.8. The summed E-state index contributed by atoms with van der Waals surface area (Å²) in [7, 11) is 0. The van der Waals surface area contributed by atoms with Gasteiger partial charge in [0, 0.05) is 12.6 Å². The van der Waals surface area contributed by atoms with Gasteiger partial charge in [0.2, 0.25) is 0 Å². The molecule has 0 spiro atoms. The highest BCUT2D eigenvalue weighted by Crippen LogP contribution is 2.19. The molecule has 0 bridgehead atoms. The molecule has 7 nitrogen and oxygen atoms in total. The minimum absolute atomic E-state index is 0.0385. The van der Waals surface area contributed by atoms with E-state index in [1.165, 1.54) is 25.0 Å². The Morgan fingerprint density at radius 3 is 2.84 bits per heavy atom. The highest BCUT2D eigenvalue weighted by Gasteiger charge is 2.16. The lowest BCUT2D eigenvalue weighted by Crippen LogP contribution is -2.33. The number of aromatic nitrogens is 1. The summed E-state index contributed by atoms with van der Waals surface area (Å²) in [4.78, 5) is 16.7. The number of nitrogens with two attached hydrogens (primary N) is 1. The van der Waals surface area contributed by atoms with Crippen LogP contribution in [0.5, 0.6) is 0 Å². The van der Waals surface area contributed by atoms with Crippen LogP contribution < -0.4 is 11.1 Å². The number of nitrogen functional groups attached to an aromatic ring is 1. The molecule has 1 unspecified atom stereocenters. The second-order valence-corrected chi connectivity index (χ2v) is 4.95. The van der Waals surface area contributed by atoms with Crippen molar-refractivity contribution >= 4 is 17.3 Å². The molecule has 3 N–H and O–H groups in total. The average Bonchev–Trinajstić information content (AvgIpc) is 2.80. The Bertz CT molecular complexity index is 459. The third-order valence-electron chi connectivity index (χ3n) is 3.17. The number of hydrogen-bond acceptors (Lipinski definition) is 6. The zero-order valence-corrected chi connectivity index (χ0v) is 11.0. The van der Waals surface area contributed by atoms with Crippen molar-refractivity contribution in [1.82, 2.24) is 9.88 Å². The van der Waals surface area contributed by atoms with E-state index in [-0.39, 0.29) is 17.5 Å². The Balaban J connectivity index is 1.99. The summed E-state index contributed by atoms with van der Waals surface area (Å²) in [6, 6.07) is 2.85. The monoisotopic (exact) mass is 265 g/mol. The quantitative estimate of drug-likeness (QED) is 0.618. The van der Waals surface area contributed by atoms with Gasteiger partial charge < -0.3 is 16.0 Å². The second kappa shape index (κ2) is 5.83. The van der Waals surface area contributed by atoms with E-state index < -0.39 is 4.92 Å². The first-order valence-corrected chi connectivity index (χ1v) is 6.45. The molecule has 0 aliphatic carbocycles. The van der Waals surface area contributed by atoms with Crippen molar-refractivity contribution in [3.05, 3.63) is 22.2 Å². The van der Waals surface area contributed by atoms with E-state index in [0.29, 0.717) is 5.82 Å². The number of likely N-dealkylation sites (tertiary alicyclic amines) is 1. The fraction of sp³-hybridized carbons (Fsp3) is 0.583. The van der Waals surface area contributed by atoms with Crippen LogP contribution in [0.2, 0.25) is 0 Å². The summed E-state index contributed by atoms with van der Waals surface area (Å²) in [5.74, 6) is 0.614. The van der Waals surface area contributed by atoms with E-state index in [1.807, 2.05) is 6.92 Å². The van der Waals surface area contributed by atoms with Gasteiger partial charge in [-0.15, -0.1) is 0 Å². The van der Waals surface area contributed by atoms with Crippen LogP contribution in [0, 0.1) is 10.1 Å². The third kappa shape index (κ3) is 3.78. The zero-order chi connectivity index (χ0) is 13.8. The molecule has 1 saturated heterocycles. The van der Waals surface area contributed by atoms with E-state index in [4.69, 9.17) is 5.73 Å². The van der Waals surface area contributed by atoms with Gasteiger partial charge >= 0.3 is 0 Å². The van der Waals surface area contributed by atoms with Gasteiger partial charge in [-0.1, -0.05) is 0 Å². The first kappa shape index (κ1) is 13.5. The first-order valence-electron chi connectivity index (χ1n) is 6.45. The van der Waals surface area contributed by atoms with Gasteiger partial charge in [0.1, 0.15) is 11.6 Å². The van der Waals surface area contributed by atoms with Gasteiger partial charge in [-0.25, -0.2) is 4.98 Å². The van der Waals surface area contributed by atoms with Crippen LogP contribution in [0.3, 0.4) is 0 Å². The van der Waals surface area contributed by atoms with Crippen LogP contribution >= 0.6 is 0 Å². The predicted molar refractivity (Wildman–Crippen MR) is 74.1 cm³/mol. The molecule has 0 saturated carbocycles. The number of rotatable bonds is 5. The predicted octanol–water partition coefficient (Wildman–Crippen LogP) is 1.47. The molecule has 1 fully saturated rings. The number of nitrogens with one attached hydrogen (secondary N) is 1. The molecule has 1 aromatic rings. The molecule has 104 valence electrons. The Labute approximate surface area is 112 Å². The molecule has 0 radical (unpaired) electrons. The summed E-state index contributed by atoms with van der Waals surface area (Å²) in [6.07, 6.45) is 2.49. The molecule has 19 heavy (non-hydrogen) atoms. The molecular weight excluding hydrogens is 246 g/mol. The molecule has 7 heteroatoms. The average molecular weight is 265 g/mol. The first-order chi connectivity index (χ1) is 9.04. The number of nitrogens with zero attached hydrogens (tertiary/aromatic N) is 3. The largest absolute Gasteiger partial charge is 0.383 e. The number of hydrogen-bond donors (Lipinski definition) is 2. The third-order valence-corrected chi connectivity index (χ3v) is 3.17. The van der Waals surface area contributed by atoms with E-state index in [2.05, 4.69) is 15.2 Å². The minimum Gasteiger partial charge on any atom is -0.383 e. The molecular formula is C12H19N5O2. The number of nitro groups is 1. The van der Waals surface area contributed by atoms with Crippen LogP contribution in [-0.2, 0) is 0 Å². The lowest BCUT2D eigenvalue weighted by atomic mass is 10.3. The Morgan fingerprint density at radius 2 is 2.21 bits per heavy atom. The Morgan fingerprint density at radius 1 is 1.53 bits per heavy atom. The normalized spacial score (nSPS) is 17.3. The lowest BCUT2D eigenvalue weighted by molar-refractivity contribution is -0.384. The molecule has 1 aromatic heterocycles. The van der Waals surface area contributed by atoms with Crippen molar-refractivity contribution in [1.29, 1.82) is 0 Å². The standard InChI is InChI=1S/C12H19N5O2/c1-9(8-16-4-2-3-5-16)14-12-7-10(17(18)19)6-11(13)15-12/h6-7,9H,2-5,8H2,1H3,(H3,13,14,15). The fourth-order valence-corrected chi connectivity index (χ4v) is 2.37. The topological polar surface area (TPSA) is 97.3 Å². The maximum Gasteiger partial charge on any atom is 0.276 e. The molecule has 0 amide bonds. The molecule has 0 aromatic carbocycles. The smallest absolute Gasteiger partial charge is 0.276 e. The molecule has 1 aliphatic rings. The second-order valence-electron chi connectivity index (χ2n) is 4.95. The number of anilines is 2. The van der Waals surface area contributed by atoms with Gasteiger partial charge in [0.05, 0.1) is 17.1 Å². The maximum absolute atomic E-state index is 10.8. The van der Waals surface area contributed by atoms with Crippen LogP contribution in [0.4, 0.5) is 17.3 Å². The lowest BCUT2D eigenvalue weighted by Gasteiger charge is -2.21. The van der Waals surface area contributed by atoms with Crippen LogP contribution in [0.15, 0.2) is 12.1 Å². The van der Waals surface area contributed by atoms with E-state index in [1.54, 1.807) is 0 Å². The van der Waals surface area contributed by atoms with Gasteiger partial charge in [0.15, 0.2) is 0 Å². The minimum atomic E-state index is -0.464. The highest BCUT2D eigenvalue weighted by molar-refractivity contribution is 5.53. The van der Waals surface area contributed by atoms with Crippen molar-refractivity contribution in [2.75, 3.05) is 30.7 Å². The van der Waals surface area contributed by atoms with Gasteiger partial charge in [-0.05, 0) is 32.9 Å². The van der Waals surface area contributed by atoms with Crippen molar-refractivity contribution in [3.8, 4) is 0 Å². The molecule has 1 aliphatic heterocycles. The number of pyridine rings is 1. The van der Waals surface area contributed by atoms with E-state index >= 15 is 0 Å². The molecule has 2 rings (SSSR count). The van der Waals surface area contributed by atoms with E-state index in [0.717, 1.165) is 19.6 Å². The van der Waals surface area contributed by atoms with Gasteiger partial charge in [-0.2, -0.15) is 0 Å². The highest BCUT2D eigenvalue weighted by atomic mass is 16.6. The van der Waals surface area contributed by atoms with Crippen molar-refractivity contribution in [2.45, 2.75) is 25.8 Å². The van der Waals surface area contributed by atoms with Crippen LogP contribution in [0.1, 0.15) is 19.8 Å². The summed E-state index contributed by atoms with van der Waals surface area (Å²) >= 11 is 0. The van der Waals surface area contributed by atoms with Gasteiger partial charge in [0.25, 0.3) is 5.69 Å². The van der Waals surface area contributed by atoms with Crippen molar-refractivity contribution in [2.24, 2.45) is 0 Å². The van der Waals surface area contributed by atoms with Crippen LogP contribution in [-0.4, -0.2) is 40.5 Å². The zero-order valence-electron chi connectivity index (χ0n) is 11.0. The Hall–Kier alpha value is -1.89. The van der Waals surface area contributed by atoms with Crippen molar-refractivity contribution < 1.29 is 4.92 Å². The van der Waals surface area contributed by atoms with Crippen molar-refractivity contribution in [3.63, 3.8) is 0 Å². The molecule has 2 heterocycles. The Kier molecular flexibility index (Phi) is 4.16. The van der Waals surface area contributed by atoms with Gasteiger partial charge in [-0.3, -0.25) is 10.1 Å². The van der Waals surface area contributed by atoms with E-state index in [9.17, 15) is 10.1 Å². The summed E-state index contributed by atoms with van der Waals surface area (Å²) < 4.78 is 0. The fourth-order valence-electron chi connectivity index (χ4n) is 2.37. The summed E-state index contributed by atoms with van der Waals surface area (Å²) in [5.41, 5.74) is 5.53. The summed E-state index contributed by atoms with van der Waals surface area (Å²) in [5, 5.41) is 13.9. The summed E-state index contributed by atoms with van der Waals surface area (Å²) in [6.45, 7) is 5.19. The van der Waals surface area contributed by atoms with Crippen LogP contribution in [0.25, 0.3) is 0 Å². The molecule has 1 atom stereocenters.